The molecule has 9 nitrogen and oxygen atoms in total. The van der Waals surface area contributed by atoms with Crippen molar-refractivity contribution in [3.63, 3.8) is 0 Å². The van der Waals surface area contributed by atoms with Crippen molar-refractivity contribution >= 4 is 27.4 Å². The van der Waals surface area contributed by atoms with Crippen LogP contribution in [0, 0.1) is 0 Å². The summed E-state index contributed by atoms with van der Waals surface area (Å²) in [5.74, 6) is 0.279. The second-order valence-corrected chi connectivity index (χ2v) is 11.1. The topological polar surface area (TPSA) is 122 Å². The molecule has 1 fully saturated rings. The fourth-order valence-corrected chi connectivity index (χ4v) is 5.43. The maximum absolute atomic E-state index is 12.1. The minimum atomic E-state index is -3.21. The van der Waals surface area contributed by atoms with Gasteiger partial charge in [0.05, 0.1) is 18.1 Å². The molecule has 0 saturated carbocycles. The monoisotopic (exact) mass is 492 g/mol. The molecule has 0 spiro atoms. The summed E-state index contributed by atoms with van der Waals surface area (Å²) in [5, 5.41) is 2.85. The Morgan fingerprint density at radius 1 is 1.14 bits per heavy atom. The molecule has 3 heterocycles. The first-order valence-corrected chi connectivity index (χ1v) is 13.4. The molecular weight excluding hydrogens is 464 g/mol. The van der Waals surface area contributed by atoms with Crippen molar-refractivity contribution in [2.75, 3.05) is 43.6 Å². The Morgan fingerprint density at radius 2 is 1.89 bits per heavy atom. The highest BCUT2D eigenvalue weighted by atomic mass is 32.2. The van der Waals surface area contributed by atoms with Crippen LogP contribution in [0.3, 0.4) is 0 Å². The summed E-state index contributed by atoms with van der Waals surface area (Å²) in [6.45, 7) is 2.07. The van der Waals surface area contributed by atoms with Gasteiger partial charge in [-0.3, -0.25) is 4.79 Å². The highest BCUT2D eigenvalue weighted by Gasteiger charge is 2.30. The van der Waals surface area contributed by atoms with Crippen LogP contribution in [0.25, 0.3) is 22.5 Å². The number of nitrogens with zero attached hydrogens (tertiary/aromatic N) is 4. The van der Waals surface area contributed by atoms with Crippen LogP contribution >= 0.6 is 0 Å². The van der Waals surface area contributed by atoms with E-state index in [-0.39, 0.29) is 11.9 Å². The predicted octanol–water partition coefficient (Wildman–Crippen LogP) is 2.15. The zero-order chi connectivity index (χ0) is 24.7. The number of hydrogen-bond acceptors (Lipinski definition) is 7. The molecule has 0 radical (unpaired) electrons. The number of amides is 1. The van der Waals surface area contributed by atoms with Gasteiger partial charge < -0.3 is 16.0 Å². The summed E-state index contributed by atoms with van der Waals surface area (Å²) in [6.07, 6.45) is 4.46. The number of sulfonamides is 1. The average Bonchev–Trinajstić information content (AvgIpc) is 3.33. The van der Waals surface area contributed by atoms with Crippen LogP contribution in [0.1, 0.15) is 22.3 Å². The number of fused-ring (bicyclic) bond motifs is 1. The van der Waals surface area contributed by atoms with Crippen LogP contribution in [-0.4, -0.2) is 67.6 Å². The maximum Gasteiger partial charge on any atom is 0.251 e. The number of likely N-dealkylation sites (N-methyl/N-ethyl adjacent to an activating group) is 1. The summed E-state index contributed by atoms with van der Waals surface area (Å²) in [6, 6.07) is 13.6. The molecule has 182 valence electrons. The number of anilines is 2. The second kappa shape index (κ2) is 8.94. The number of aromatic nitrogens is 2. The number of hydrogen-bond donors (Lipinski definition) is 2. The van der Waals surface area contributed by atoms with E-state index in [9.17, 15) is 13.2 Å². The Balaban J connectivity index is 1.37. The van der Waals surface area contributed by atoms with Gasteiger partial charge in [0.25, 0.3) is 5.91 Å². The Kier molecular flexibility index (Phi) is 5.94. The lowest BCUT2D eigenvalue weighted by Crippen LogP contribution is -2.38. The lowest BCUT2D eigenvalue weighted by Gasteiger charge is -2.23. The lowest BCUT2D eigenvalue weighted by molar-refractivity contribution is 0.0946. The van der Waals surface area contributed by atoms with Gasteiger partial charge in [-0.2, -0.15) is 0 Å². The first-order chi connectivity index (χ1) is 16.7. The van der Waals surface area contributed by atoms with E-state index < -0.39 is 10.0 Å². The molecule has 3 aromatic rings. The molecule has 5 rings (SSSR count). The summed E-state index contributed by atoms with van der Waals surface area (Å²) < 4.78 is 25.2. The van der Waals surface area contributed by atoms with Crippen molar-refractivity contribution < 1.29 is 13.2 Å². The van der Waals surface area contributed by atoms with Crippen molar-refractivity contribution in [1.82, 2.24) is 19.6 Å². The van der Waals surface area contributed by atoms with Crippen molar-refractivity contribution in [3.05, 3.63) is 59.8 Å². The van der Waals surface area contributed by atoms with Crippen molar-refractivity contribution in [3.8, 4) is 22.5 Å². The molecule has 0 bridgehead atoms. The van der Waals surface area contributed by atoms with E-state index in [1.54, 1.807) is 13.2 Å². The molecule has 1 saturated heterocycles. The van der Waals surface area contributed by atoms with Crippen LogP contribution in [0.4, 0.5) is 11.5 Å². The minimum Gasteiger partial charge on any atom is -0.382 e. The Morgan fingerprint density at radius 3 is 2.63 bits per heavy atom. The standard InChI is InChI=1S/C25H28N6O3S/c1-30(35(2,33)34)20-10-12-31(15-20)19-6-3-16(4-7-19)22-14-28-24(26)23(29-22)18-5-8-21-17(13-18)9-11-27-25(21)32/h3-8,13-14,20H,9-12,15H2,1-2H3,(H2,26,28)(H,27,32)/t20-/m1/s1. The second-order valence-electron chi connectivity index (χ2n) is 9.08. The zero-order valence-electron chi connectivity index (χ0n) is 19.7. The van der Waals surface area contributed by atoms with Crippen molar-refractivity contribution in [2.45, 2.75) is 18.9 Å². The fraction of sp³-hybridized carbons (Fsp3) is 0.320. The van der Waals surface area contributed by atoms with Crippen LogP contribution in [-0.2, 0) is 16.4 Å². The maximum atomic E-state index is 12.1. The molecule has 2 aliphatic rings. The number of rotatable bonds is 5. The predicted molar refractivity (Wildman–Crippen MR) is 137 cm³/mol. The van der Waals surface area contributed by atoms with Crippen molar-refractivity contribution in [1.29, 1.82) is 0 Å². The van der Waals surface area contributed by atoms with Gasteiger partial charge in [0, 0.05) is 55.1 Å². The van der Waals surface area contributed by atoms with Gasteiger partial charge in [-0.15, -0.1) is 0 Å². The van der Waals surface area contributed by atoms with Crippen LogP contribution in [0.2, 0.25) is 0 Å². The summed E-state index contributed by atoms with van der Waals surface area (Å²) in [4.78, 5) is 23.4. The molecular formula is C25H28N6O3S. The van der Waals surface area contributed by atoms with Gasteiger partial charge in [-0.05, 0) is 42.7 Å². The Bertz CT molecular complexity index is 1390. The van der Waals surface area contributed by atoms with Gasteiger partial charge in [0.2, 0.25) is 10.0 Å². The number of carbonyl (C=O) groups excluding carboxylic acids is 1. The molecule has 0 unspecified atom stereocenters. The quantitative estimate of drug-likeness (QED) is 0.560. The van der Waals surface area contributed by atoms with Gasteiger partial charge in [-0.1, -0.05) is 18.2 Å². The highest BCUT2D eigenvalue weighted by molar-refractivity contribution is 7.88. The van der Waals surface area contributed by atoms with Gasteiger partial charge in [0.15, 0.2) is 0 Å². The fourth-order valence-electron chi connectivity index (χ4n) is 4.71. The molecule has 2 aliphatic heterocycles. The van der Waals surface area contributed by atoms with E-state index in [0.717, 1.165) is 41.8 Å². The van der Waals surface area contributed by atoms with E-state index in [0.29, 0.717) is 35.9 Å². The summed E-state index contributed by atoms with van der Waals surface area (Å²) >= 11 is 0. The lowest BCUT2D eigenvalue weighted by atomic mass is 9.96. The van der Waals surface area contributed by atoms with E-state index >= 15 is 0 Å². The first kappa shape index (κ1) is 23.3. The molecule has 1 atom stereocenters. The third kappa shape index (κ3) is 4.59. The average molecular weight is 493 g/mol. The number of nitrogens with two attached hydrogens (primary N) is 1. The van der Waals surface area contributed by atoms with Crippen molar-refractivity contribution in [2.24, 2.45) is 0 Å². The smallest absolute Gasteiger partial charge is 0.251 e. The third-order valence-electron chi connectivity index (χ3n) is 6.83. The van der Waals surface area contributed by atoms with E-state index in [4.69, 9.17) is 10.7 Å². The van der Waals surface area contributed by atoms with E-state index in [1.807, 2.05) is 42.5 Å². The highest BCUT2D eigenvalue weighted by Crippen LogP contribution is 2.30. The SMILES string of the molecule is CN([C@@H]1CCN(c2ccc(-c3cnc(N)c(-c4ccc5c(c4)CCNC5=O)n3)cc2)C1)S(C)(=O)=O. The van der Waals surface area contributed by atoms with Crippen LogP contribution in [0.15, 0.2) is 48.7 Å². The number of carbonyl (C=O) groups is 1. The zero-order valence-corrected chi connectivity index (χ0v) is 20.5. The summed E-state index contributed by atoms with van der Waals surface area (Å²) in [7, 11) is -1.57. The Hall–Kier alpha value is -3.50. The molecule has 3 N–H and O–H groups in total. The van der Waals surface area contributed by atoms with Crippen LogP contribution < -0.4 is 16.0 Å². The van der Waals surface area contributed by atoms with Crippen LogP contribution in [0.5, 0.6) is 0 Å². The first-order valence-electron chi connectivity index (χ1n) is 11.5. The minimum absolute atomic E-state index is 0.0297. The normalized spacial score (nSPS) is 18.0. The van der Waals surface area contributed by atoms with E-state index in [1.165, 1.54) is 10.6 Å². The van der Waals surface area contributed by atoms with E-state index in [2.05, 4.69) is 15.2 Å². The molecule has 1 aromatic heterocycles. The number of nitrogen functional groups attached to an aromatic ring is 1. The Labute approximate surface area is 205 Å². The van der Waals surface area contributed by atoms with Gasteiger partial charge in [0.1, 0.15) is 11.5 Å². The molecule has 1 amide bonds. The number of nitrogens with one attached hydrogen (secondary N) is 1. The summed E-state index contributed by atoms with van der Waals surface area (Å²) in [5.41, 5.74) is 11.9. The molecule has 0 aliphatic carbocycles. The van der Waals surface area contributed by atoms with Gasteiger partial charge >= 0.3 is 0 Å². The largest absolute Gasteiger partial charge is 0.382 e. The molecule has 2 aromatic carbocycles. The molecule has 35 heavy (non-hydrogen) atoms. The van der Waals surface area contributed by atoms with Gasteiger partial charge in [-0.25, -0.2) is 22.7 Å². The number of benzene rings is 2. The molecule has 10 heteroatoms. The third-order valence-corrected chi connectivity index (χ3v) is 8.18.